The Labute approximate surface area is 162 Å². The Morgan fingerprint density at radius 1 is 1.07 bits per heavy atom. The molecule has 6 nitrogen and oxygen atoms in total. The molecule has 0 saturated heterocycles. The topological polar surface area (TPSA) is 62.0 Å². The number of hydrogen-bond acceptors (Lipinski definition) is 4. The van der Waals surface area contributed by atoms with Crippen LogP contribution in [0.25, 0.3) is 0 Å². The maximum atomic E-state index is 5.44. The van der Waals surface area contributed by atoms with Crippen molar-refractivity contribution in [2.24, 2.45) is 4.99 Å². The molecule has 2 N–H and O–H groups in total. The molecule has 1 heterocycles. The molecule has 0 bridgehead atoms. The highest BCUT2D eigenvalue weighted by atomic mass is 16.5. The Bertz CT molecular complexity index is 671. The van der Waals surface area contributed by atoms with Gasteiger partial charge in [-0.05, 0) is 44.2 Å². The summed E-state index contributed by atoms with van der Waals surface area (Å²) in [5.74, 6) is 1.79. The lowest BCUT2D eigenvalue weighted by atomic mass is 10.1. The molecule has 0 amide bonds. The molecule has 0 aliphatic carbocycles. The first-order valence-electron chi connectivity index (χ1n) is 9.60. The number of hydrogen-bond donors (Lipinski definition) is 2. The van der Waals surface area contributed by atoms with E-state index in [1.807, 2.05) is 19.1 Å². The second kappa shape index (κ2) is 12.1. The molecule has 0 atom stereocenters. The molecular formula is C21H32N4O2. The number of rotatable bonds is 11. The Morgan fingerprint density at radius 3 is 2.59 bits per heavy atom. The minimum Gasteiger partial charge on any atom is -0.468 e. The van der Waals surface area contributed by atoms with Crippen molar-refractivity contribution in [3.63, 3.8) is 0 Å². The summed E-state index contributed by atoms with van der Waals surface area (Å²) < 4.78 is 10.8. The van der Waals surface area contributed by atoms with Crippen molar-refractivity contribution >= 4 is 5.96 Å². The summed E-state index contributed by atoms with van der Waals surface area (Å²) in [4.78, 5) is 6.97. The summed E-state index contributed by atoms with van der Waals surface area (Å²) in [7, 11) is 2.10. The van der Waals surface area contributed by atoms with Gasteiger partial charge in [-0.15, -0.1) is 0 Å². The zero-order valence-corrected chi connectivity index (χ0v) is 16.7. The number of nitrogens with zero attached hydrogens (tertiary/aromatic N) is 2. The third kappa shape index (κ3) is 7.85. The molecule has 1 aromatic carbocycles. The number of ether oxygens (including phenoxy) is 1. The molecule has 0 unspecified atom stereocenters. The van der Waals surface area contributed by atoms with Crippen molar-refractivity contribution in [3.05, 3.63) is 59.5 Å². The van der Waals surface area contributed by atoms with Crippen LogP contribution in [0.1, 0.15) is 30.7 Å². The van der Waals surface area contributed by atoms with Crippen LogP contribution in [-0.4, -0.2) is 44.2 Å². The molecule has 0 saturated carbocycles. The second-order valence-electron chi connectivity index (χ2n) is 6.34. The largest absolute Gasteiger partial charge is 0.468 e. The van der Waals surface area contributed by atoms with E-state index in [2.05, 4.69) is 53.8 Å². The molecule has 1 aromatic heterocycles. The monoisotopic (exact) mass is 372 g/mol. The van der Waals surface area contributed by atoms with E-state index < -0.39 is 0 Å². The van der Waals surface area contributed by atoms with Gasteiger partial charge in [0.15, 0.2) is 5.96 Å². The van der Waals surface area contributed by atoms with Crippen LogP contribution in [0.5, 0.6) is 0 Å². The van der Waals surface area contributed by atoms with E-state index in [1.165, 1.54) is 11.1 Å². The predicted molar refractivity (Wildman–Crippen MR) is 110 cm³/mol. The fourth-order valence-electron chi connectivity index (χ4n) is 2.77. The number of aliphatic imine (C=N–C) groups is 1. The highest BCUT2D eigenvalue weighted by Gasteiger charge is 2.08. The van der Waals surface area contributed by atoms with E-state index in [9.17, 15) is 0 Å². The normalized spacial score (nSPS) is 11.8. The van der Waals surface area contributed by atoms with Gasteiger partial charge in [-0.3, -0.25) is 4.90 Å². The van der Waals surface area contributed by atoms with Gasteiger partial charge < -0.3 is 19.8 Å². The van der Waals surface area contributed by atoms with Crippen LogP contribution in [0.15, 0.2) is 52.1 Å². The van der Waals surface area contributed by atoms with Crippen molar-refractivity contribution in [2.75, 3.05) is 33.4 Å². The fourth-order valence-corrected chi connectivity index (χ4v) is 2.77. The van der Waals surface area contributed by atoms with Crippen LogP contribution in [0, 0.1) is 0 Å². The van der Waals surface area contributed by atoms with Crippen molar-refractivity contribution in [3.8, 4) is 0 Å². The molecule has 0 aliphatic rings. The van der Waals surface area contributed by atoms with E-state index in [1.54, 1.807) is 6.26 Å². The van der Waals surface area contributed by atoms with Crippen LogP contribution in [0.2, 0.25) is 0 Å². The minimum atomic E-state index is 0.634. The van der Waals surface area contributed by atoms with Gasteiger partial charge >= 0.3 is 0 Å². The van der Waals surface area contributed by atoms with Gasteiger partial charge in [-0.25, -0.2) is 4.99 Å². The summed E-state index contributed by atoms with van der Waals surface area (Å²) in [5, 5.41) is 6.59. The first-order chi connectivity index (χ1) is 13.2. The van der Waals surface area contributed by atoms with Crippen LogP contribution in [-0.2, 0) is 24.4 Å². The highest BCUT2D eigenvalue weighted by Crippen LogP contribution is 2.14. The van der Waals surface area contributed by atoms with Crippen LogP contribution < -0.4 is 10.6 Å². The summed E-state index contributed by atoms with van der Waals surface area (Å²) in [6.07, 6.45) is 1.71. The molecule has 2 aromatic rings. The molecule has 2 rings (SSSR count). The molecule has 148 valence electrons. The second-order valence-corrected chi connectivity index (χ2v) is 6.34. The van der Waals surface area contributed by atoms with Crippen LogP contribution >= 0.6 is 0 Å². The van der Waals surface area contributed by atoms with Gasteiger partial charge in [0.25, 0.3) is 0 Å². The molecule has 0 aliphatic heterocycles. The molecule has 0 spiro atoms. The molecule has 0 fully saturated rings. The van der Waals surface area contributed by atoms with Crippen LogP contribution in [0.4, 0.5) is 0 Å². The SMILES string of the molecule is CCNC(=NCc1ccccc1CN(C)Cc1ccco1)NCCOCC. The molecular weight excluding hydrogens is 340 g/mol. The van der Waals surface area contributed by atoms with Crippen molar-refractivity contribution in [1.82, 2.24) is 15.5 Å². The Morgan fingerprint density at radius 2 is 1.89 bits per heavy atom. The van der Waals surface area contributed by atoms with Gasteiger partial charge in [0.2, 0.25) is 0 Å². The van der Waals surface area contributed by atoms with E-state index in [4.69, 9.17) is 14.1 Å². The highest BCUT2D eigenvalue weighted by molar-refractivity contribution is 5.79. The van der Waals surface area contributed by atoms with Gasteiger partial charge in [-0.1, -0.05) is 24.3 Å². The summed E-state index contributed by atoms with van der Waals surface area (Å²) in [6.45, 7) is 9.31. The van der Waals surface area contributed by atoms with Crippen LogP contribution in [0.3, 0.4) is 0 Å². The van der Waals surface area contributed by atoms with E-state index in [0.717, 1.165) is 44.5 Å². The Balaban J connectivity index is 1.95. The first-order valence-corrected chi connectivity index (χ1v) is 9.60. The zero-order valence-electron chi connectivity index (χ0n) is 16.7. The summed E-state index contributed by atoms with van der Waals surface area (Å²) in [6, 6.07) is 12.4. The molecule has 27 heavy (non-hydrogen) atoms. The maximum absolute atomic E-state index is 5.44. The Hall–Kier alpha value is -2.31. The quantitative estimate of drug-likeness (QED) is 0.361. The lowest BCUT2D eigenvalue weighted by Gasteiger charge is -2.17. The minimum absolute atomic E-state index is 0.634. The number of nitrogens with one attached hydrogen (secondary N) is 2. The average molecular weight is 373 g/mol. The summed E-state index contributed by atoms with van der Waals surface area (Å²) in [5.41, 5.74) is 2.51. The first kappa shape index (κ1) is 21.0. The number of benzene rings is 1. The van der Waals surface area contributed by atoms with E-state index >= 15 is 0 Å². The molecule has 0 radical (unpaired) electrons. The van der Waals surface area contributed by atoms with E-state index in [0.29, 0.717) is 13.2 Å². The Kier molecular flexibility index (Phi) is 9.44. The third-order valence-electron chi connectivity index (χ3n) is 4.06. The lowest BCUT2D eigenvalue weighted by molar-refractivity contribution is 0.152. The predicted octanol–water partition coefficient (Wildman–Crippen LogP) is 3.00. The fraction of sp³-hybridized carbons (Fsp3) is 0.476. The lowest BCUT2D eigenvalue weighted by Crippen LogP contribution is -2.39. The third-order valence-corrected chi connectivity index (χ3v) is 4.06. The van der Waals surface area contributed by atoms with Crippen molar-refractivity contribution < 1.29 is 9.15 Å². The number of guanidine groups is 1. The van der Waals surface area contributed by atoms with E-state index in [-0.39, 0.29) is 0 Å². The standard InChI is InChI=1S/C21H32N4O2/c1-4-22-21(23-12-14-26-5-2)24-15-18-9-6-7-10-19(18)16-25(3)17-20-11-8-13-27-20/h6-11,13H,4-5,12,14-17H2,1-3H3,(H2,22,23,24). The summed E-state index contributed by atoms with van der Waals surface area (Å²) >= 11 is 0. The van der Waals surface area contributed by atoms with Crippen molar-refractivity contribution in [2.45, 2.75) is 33.5 Å². The van der Waals surface area contributed by atoms with Gasteiger partial charge in [-0.2, -0.15) is 0 Å². The van der Waals surface area contributed by atoms with Gasteiger partial charge in [0, 0.05) is 26.2 Å². The maximum Gasteiger partial charge on any atom is 0.191 e. The zero-order chi connectivity index (χ0) is 19.3. The smallest absolute Gasteiger partial charge is 0.191 e. The van der Waals surface area contributed by atoms with Crippen molar-refractivity contribution in [1.29, 1.82) is 0 Å². The molecule has 6 heteroatoms. The van der Waals surface area contributed by atoms with Gasteiger partial charge in [0.1, 0.15) is 5.76 Å². The average Bonchev–Trinajstić information content (AvgIpc) is 3.17. The number of furan rings is 1. The van der Waals surface area contributed by atoms with Gasteiger partial charge in [0.05, 0.1) is 26.0 Å².